The number of carbonyl (C=O) groups excluding carboxylic acids is 1. The summed E-state index contributed by atoms with van der Waals surface area (Å²) >= 11 is 0. The number of para-hydroxylation sites is 1. The Hall–Kier alpha value is -2.81. The predicted octanol–water partition coefficient (Wildman–Crippen LogP) is 5.06. The van der Waals surface area contributed by atoms with E-state index in [0.717, 1.165) is 27.7 Å². The average molecular weight is 333 g/mol. The minimum absolute atomic E-state index is 0.305. The van der Waals surface area contributed by atoms with Crippen LogP contribution in [0.1, 0.15) is 19.4 Å². The summed E-state index contributed by atoms with van der Waals surface area (Å²) in [6, 6.07) is 18.5. The van der Waals surface area contributed by atoms with Crippen LogP contribution in [0.5, 0.6) is 0 Å². The Bertz CT molecular complexity index is 904. The van der Waals surface area contributed by atoms with Gasteiger partial charge in [-0.05, 0) is 23.6 Å². The van der Waals surface area contributed by atoms with E-state index in [0.29, 0.717) is 12.5 Å². The van der Waals surface area contributed by atoms with Gasteiger partial charge in [-0.15, -0.1) is 0 Å². The van der Waals surface area contributed by atoms with E-state index >= 15 is 0 Å². The molecule has 0 N–H and O–H groups in total. The topological polar surface area (TPSA) is 31.2 Å². The van der Waals surface area contributed by atoms with E-state index in [9.17, 15) is 4.79 Å². The van der Waals surface area contributed by atoms with Gasteiger partial charge in [0.1, 0.15) is 0 Å². The van der Waals surface area contributed by atoms with E-state index < -0.39 is 0 Å². The summed E-state index contributed by atoms with van der Waals surface area (Å²) in [5.74, 6) is 0.0235. The third kappa shape index (κ3) is 3.66. The van der Waals surface area contributed by atoms with Crippen molar-refractivity contribution >= 4 is 22.9 Å². The molecule has 3 rings (SSSR count). The number of hydrogen-bond donors (Lipinski definition) is 0. The second-order valence-corrected chi connectivity index (χ2v) is 6.56. The summed E-state index contributed by atoms with van der Waals surface area (Å²) in [5.41, 5.74) is 4.38. The number of benzene rings is 2. The van der Waals surface area contributed by atoms with Crippen LogP contribution < -0.4 is 0 Å². The molecular formula is C22H23NO2. The normalized spacial score (nSPS) is 11.5. The van der Waals surface area contributed by atoms with E-state index in [-0.39, 0.29) is 5.97 Å². The number of ether oxygens (including phenoxy) is 1. The highest BCUT2D eigenvalue weighted by Crippen LogP contribution is 2.33. The summed E-state index contributed by atoms with van der Waals surface area (Å²) < 4.78 is 7.43. The molecule has 0 unspecified atom stereocenters. The van der Waals surface area contributed by atoms with Crippen molar-refractivity contribution in [2.24, 2.45) is 13.0 Å². The molecule has 128 valence electrons. The maximum atomic E-state index is 12.0. The minimum atomic E-state index is -0.305. The summed E-state index contributed by atoms with van der Waals surface area (Å²) in [5, 5.41) is 1.12. The summed E-state index contributed by atoms with van der Waals surface area (Å²) in [7, 11) is 2.05. The van der Waals surface area contributed by atoms with E-state index in [1.54, 1.807) is 0 Å². The van der Waals surface area contributed by atoms with Crippen LogP contribution in [0.25, 0.3) is 28.2 Å². The van der Waals surface area contributed by atoms with Crippen LogP contribution in [0.15, 0.2) is 60.7 Å². The first-order valence-corrected chi connectivity index (χ1v) is 8.55. The molecule has 0 spiro atoms. The van der Waals surface area contributed by atoms with Gasteiger partial charge in [-0.3, -0.25) is 0 Å². The van der Waals surface area contributed by atoms with Crippen molar-refractivity contribution in [1.82, 2.24) is 4.57 Å². The molecule has 0 saturated heterocycles. The largest absolute Gasteiger partial charge is 0.462 e. The van der Waals surface area contributed by atoms with Crippen molar-refractivity contribution in [3.63, 3.8) is 0 Å². The quantitative estimate of drug-likeness (QED) is 0.483. The number of rotatable bonds is 5. The first-order chi connectivity index (χ1) is 12.1. The van der Waals surface area contributed by atoms with Gasteiger partial charge in [0.25, 0.3) is 0 Å². The molecular weight excluding hydrogens is 310 g/mol. The van der Waals surface area contributed by atoms with Crippen molar-refractivity contribution in [3.8, 4) is 11.3 Å². The molecule has 0 radical (unpaired) electrons. The summed E-state index contributed by atoms with van der Waals surface area (Å²) in [6.45, 7) is 4.48. The van der Waals surface area contributed by atoms with Crippen molar-refractivity contribution in [1.29, 1.82) is 0 Å². The number of aryl methyl sites for hydroxylation is 1. The average Bonchev–Trinajstić information content (AvgIpc) is 2.91. The zero-order chi connectivity index (χ0) is 17.8. The van der Waals surface area contributed by atoms with Gasteiger partial charge in [0, 0.05) is 29.6 Å². The zero-order valence-electron chi connectivity index (χ0n) is 14.9. The third-order valence-corrected chi connectivity index (χ3v) is 4.14. The van der Waals surface area contributed by atoms with Gasteiger partial charge < -0.3 is 9.30 Å². The Labute approximate surface area is 148 Å². The summed E-state index contributed by atoms with van der Waals surface area (Å²) in [4.78, 5) is 12.0. The Morgan fingerprint density at radius 1 is 1.08 bits per heavy atom. The molecule has 3 heteroatoms. The maximum absolute atomic E-state index is 12.0. The number of nitrogens with zero attached hydrogens (tertiary/aromatic N) is 1. The van der Waals surface area contributed by atoms with Crippen LogP contribution in [0.4, 0.5) is 0 Å². The molecule has 0 saturated carbocycles. The lowest BCUT2D eigenvalue weighted by Crippen LogP contribution is -2.07. The van der Waals surface area contributed by atoms with Gasteiger partial charge >= 0.3 is 5.97 Å². The Morgan fingerprint density at radius 3 is 2.48 bits per heavy atom. The monoisotopic (exact) mass is 333 g/mol. The lowest BCUT2D eigenvalue weighted by atomic mass is 10.0. The fourth-order valence-electron chi connectivity index (χ4n) is 2.98. The highest BCUT2D eigenvalue weighted by atomic mass is 16.5. The summed E-state index contributed by atoms with van der Waals surface area (Å²) in [6.07, 6.45) is 3.39. The van der Waals surface area contributed by atoms with Crippen LogP contribution in [-0.4, -0.2) is 17.1 Å². The maximum Gasteiger partial charge on any atom is 0.330 e. The minimum Gasteiger partial charge on any atom is -0.462 e. The molecule has 0 amide bonds. The molecule has 2 aromatic carbocycles. The molecule has 0 aliphatic rings. The predicted molar refractivity (Wildman–Crippen MR) is 103 cm³/mol. The molecule has 0 aliphatic carbocycles. The van der Waals surface area contributed by atoms with Gasteiger partial charge in [-0.1, -0.05) is 62.4 Å². The fourth-order valence-corrected chi connectivity index (χ4v) is 2.98. The van der Waals surface area contributed by atoms with Gasteiger partial charge in [-0.2, -0.15) is 0 Å². The van der Waals surface area contributed by atoms with Crippen molar-refractivity contribution in [3.05, 3.63) is 66.2 Å². The molecule has 1 heterocycles. The smallest absolute Gasteiger partial charge is 0.330 e. The number of esters is 1. The molecule has 0 aliphatic heterocycles. The molecule has 0 atom stereocenters. The number of carbonyl (C=O) groups is 1. The fraction of sp³-hybridized carbons (Fsp3) is 0.227. The van der Waals surface area contributed by atoms with Gasteiger partial charge in [0.15, 0.2) is 0 Å². The number of aromatic nitrogens is 1. The van der Waals surface area contributed by atoms with Crippen molar-refractivity contribution in [2.45, 2.75) is 13.8 Å². The van der Waals surface area contributed by atoms with Gasteiger partial charge in [0.2, 0.25) is 0 Å². The number of fused-ring (bicyclic) bond motifs is 1. The highest BCUT2D eigenvalue weighted by molar-refractivity contribution is 6.00. The molecule has 0 fully saturated rings. The van der Waals surface area contributed by atoms with Crippen LogP contribution in [0.2, 0.25) is 0 Å². The van der Waals surface area contributed by atoms with E-state index in [1.807, 2.05) is 50.3 Å². The van der Waals surface area contributed by atoms with Crippen LogP contribution >= 0.6 is 0 Å². The highest BCUT2D eigenvalue weighted by Gasteiger charge is 2.14. The van der Waals surface area contributed by atoms with Gasteiger partial charge in [-0.25, -0.2) is 4.79 Å². The lowest BCUT2D eigenvalue weighted by molar-refractivity contribution is -0.138. The van der Waals surface area contributed by atoms with Gasteiger partial charge in [0.05, 0.1) is 12.3 Å². The van der Waals surface area contributed by atoms with Crippen LogP contribution in [0, 0.1) is 5.92 Å². The standard InChI is InChI=1S/C22H23NO2/c1-16(2)15-25-21(24)14-13-19-18-11-7-8-12-20(18)23(3)22(19)17-9-5-4-6-10-17/h4-14,16H,15H2,1-3H3. The van der Waals surface area contributed by atoms with E-state index in [2.05, 4.69) is 35.9 Å². The Balaban J connectivity index is 2.06. The number of hydrogen-bond acceptors (Lipinski definition) is 2. The molecule has 25 heavy (non-hydrogen) atoms. The molecule has 0 bridgehead atoms. The van der Waals surface area contributed by atoms with Crippen molar-refractivity contribution < 1.29 is 9.53 Å². The Kier molecular flexibility index (Phi) is 5.03. The third-order valence-electron chi connectivity index (χ3n) is 4.14. The van der Waals surface area contributed by atoms with Crippen LogP contribution in [0.3, 0.4) is 0 Å². The Morgan fingerprint density at radius 2 is 1.76 bits per heavy atom. The second-order valence-electron chi connectivity index (χ2n) is 6.56. The molecule has 1 aromatic heterocycles. The second kappa shape index (κ2) is 7.39. The molecule has 3 nitrogen and oxygen atoms in total. The van der Waals surface area contributed by atoms with E-state index in [1.165, 1.54) is 6.08 Å². The first kappa shape index (κ1) is 17.0. The first-order valence-electron chi connectivity index (χ1n) is 8.55. The van der Waals surface area contributed by atoms with Crippen LogP contribution in [-0.2, 0) is 16.6 Å². The van der Waals surface area contributed by atoms with Crippen molar-refractivity contribution in [2.75, 3.05) is 6.61 Å². The van der Waals surface area contributed by atoms with E-state index in [4.69, 9.17) is 4.74 Å². The zero-order valence-corrected chi connectivity index (χ0v) is 14.9. The SMILES string of the molecule is CC(C)COC(=O)C=Cc1c(-c2ccccc2)n(C)c2ccccc12. The molecule has 3 aromatic rings. The lowest BCUT2D eigenvalue weighted by Gasteiger charge is -2.06.